The molecule has 3 aliphatic rings. The summed E-state index contributed by atoms with van der Waals surface area (Å²) in [6, 6.07) is 29.4. The summed E-state index contributed by atoms with van der Waals surface area (Å²) in [7, 11) is 2.04. The first kappa shape index (κ1) is 32.0. The van der Waals surface area contributed by atoms with E-state index in [9.17, 15) is 0 Å². The number of nitrogens with zero attached hydrogens (tertiary/aromatic N) is 3. The summed E-state index contributed by atoms with van der Waals surface area (Å²) in [5.74, 6) is 1.73. The van der Waals surface area contributed by atoms with E-state index in [1.54, 1.807) is 6.20 Å². The van der Waals surface area contributed by atoms with Crippen molar-refractivity contribution in [2.75, 3.05) is 7.05 Å². The zero-order valence-corrected chi connectivity index (χ0v) is 27.8. The summed E-state index contributed by atoms with van der Waals surface area (Å²) in [5.41, 5.74) is 20.6. The Labute approximate surface area is 279 Å². The lowest BCUT2D eigenvalue weighted by molar-refractivity contribution is 0.414. The summed E-state index contributed by atoms with van der Waals surface area (Å²) in [6.45, 7) is 6.25. The summed E-state index contributed by atoms with van der Waals surface area (Å²) >= 11 is 0. The number of hydrogen-bond acceptors (Lipinski definition) is 3. The zero-order chi connectivity index (χ0) is 33.0. The van der Waals surface area contributed by atoms with Crippen molar-refractivity contribution in [1.82, 2.24) is 4.90 Å². The molecule has 4 atom stereocenters. The predicted molar refractivity (Wildman–Crippen MR) is 198 cm³/mol. The Kier molecular flexibility index (Phi) is 9.37. The maximum Gasteiger partial charge on any atom is 0.132 e. The van der Waals surface area contributed by atoms with E-state index in [0.29, 0.717) is 11.8 Å². The van der Waals surface area contributed by atoms with Gasteiger partial charge in [-0.05, 0) is 71.9 Å². The van der Waals surface area contributed by atoms with Crippen LogP contribution in [0.15, 0.2) is 155 Å². The van der Waals surface area contributed by atoms with Crippen LogP contribution in [-0.2, 0) is 0 Å². The molecule has 0 fully saturated rings. The summed E-state index contributed by atoms with van der Waals surface area (Å²) in [4.78, 5) is 12.0. The fourth-order valence-electron chi connectivity index (χ4n) is 6.93. The predicted octanol–water partition coefficient (Wildman–Crippen LogP) is 6.71. The van der Waals surface area contributed by atoms with Gasteiger partial charge in [0.15, 0.2) is 0 Å². The van der Waals surface area contributed by atoms with Crippen LogP contribution in [0.1, 0.15) is 50.8 Å². The quantitative estimate of drug-likeness (QED) is 0.167. The van der Waals surface area contributed by atoms with Crippen LogP contribution in [0.5, 0.6) is 0 Å². The van der Waals surface area contributed by atoms with Crippen LogP contribution in [0, 0.1) is 11.3 Å². The molecule has 5 heteroatoms. The topological polar surface area (TPSA) is 80.0 Å². The van der Waals surface area contributed by atoms with Crippen molar-refractivity contribution in [3.8, 4) is 0 Å². The molecule has 0 spiro atoms. The van der Waals surface area contributed by atoms with Gasteiger partial charge in [-0.25, -0.2) is 4.99 Å². The monoisotopic (exact) mass is 619 g/mol. The SMILES string of the molecule is C/C=C\N=C(/N)C1(C)C=C(C(N)N(C)/C(=N\C(C)c2ccccc2)c2ccccc2)C=C(C2=c3ccccc3=C3C=CC=CC3C2)C1. The molecule has 238 valence electrons. The van der Waals surface area contributed by atoms with Gasteiger partial charge in [0.1, 0.15) is 17.8 Å². The van der Waals surface area contributed by atoms with Gasteiger partial charge in [0.05, 0.1) is 6.04 Å². The van der Waals surface area contributed by atoms with Crippen LogP contribution < -0.4 is 21.9 Å². The highest BCUT2D eigenvalue weighted by Crippen LogP contribution is 2.42. The molecule has 47 heavy (non-hydrogen) atoms. The number of benzene rings is 3. The van der Waals surface area contributed by atoms with Gasteiger partial charge in [0, 0.05) is 30.1 Å². The smallest absolute Gasteiger partial charge is 0.132 e. The third kappa shape index (κ3) is 6.63. The first-order valence-corrected chi connectivity index (χ1v) is 16.5. The Morgan fingerprint density at radius 2 is 1.64 bits per heavy atom. The number of likely N-dealkylation sites (N-methyl/N-ethyl adjacent to an activating group) is 1. The Morgan fingerprint density at radius 1 is 0.957 bits per heavy atom. The van der Waals surface area contributed by atoms with Crippen molar-refractivity contribution in [2.24, 2.45) is 32.8 Å². The van der Waals surface area contributed by atoms with Crippen molar-refractivity contribution >= 4 is 22.8 Å². The summed E-state index contributed by atoms with van der Waals surface area (Å²) < 4.78 is 0. The number of aliphatic imine (C=N–C) groups is 2. The van der Waals surface area contributed by atoms with Gasteiger partial charge in [0.25, 0.3) is 0 Å². The molecule has 4 N–H and O–H groups in total. The van der Waals surface area contributed by atoms with Gasteiger partial charge in [-0.2, -0.15) is 0 Å². The van der Waals surface area contributed by atoms with Crippen LogP contribution in [0.25, 0.3) is 11.1 Å². The molecule has 0 aliphatic heterocycles. The Morgan fingerprint density at radius 3 is 2.36 bits per heavy atom. The molecule has 0 saturated carbocycles. The second kappa shape index (κ2) is 13.8. The first-order chi connectivity index (χ1) is 22.8. The number of nitrogens with two attached hydrogens (primary N) is 2. The molecule has 0 aromatic heterocycles. The van der Waals surface area contributed by atoms with Crippen molar-refractivity contribution in [3.05, 3.63) is 166 Å². The van der Waals surface area contributed by atoms with Crippen LogP contribution in [0.3, 0.4) is 0 Å². The maximum absolute atomic E-state index is 7.26. The summed E-state index contributed by atoms with van der Waals surface area (Å²) in [5, 5.41) is 2.58. The van der Waals surface area contributed by atoms with Crippen molar-refractivity contribution in [1.29, 1.82) is 0 Å². The highest BCUT2D eigenvalue weighted by molar-refractivity contribution is 5.99. The standard InChI is InChI=1S/C42H45N5/c1-5-24-45-41(44)42(3)27-33(38-26-32-20-12-13-21-35(32)36-22-14-15-23-37(36)38)25-34(28-42)39(43)47(4)40(31-18-10-7-11-19-31)46-29(2)30-16-8-6-9-17-30/h5-25,28-29,32,39H,26-27,43H2,1-4H3,(H2,44,45)/b24-5-,46-40-. The molecule has 3 aromatic carbocycles. The van der Waals surface area contributed by atoms with Crippen LogP contribution in [0.2, 0.25) is 0 Å². The lowest BCUT2D eigenvalue weighted by Gasteiger charge is -2.37. The van der Waals surface area contributed by atoms with Crippen LogP contribution in [0.4, 0.5) is 0 Å². The number of amidine groups is 2. The molecule has 0 heterocycles. The molecule has 0 bridgehead atoms. The molecule has 3 aromatic rings. The van der Waals surface area contributed by atoms with Crippen LogP contribution >= 0.6 is 0 Å². The van der Waals surface area contributed by atoms with Gasteiger partial charge in [-0.15, -0.1) is 0 Å². The molecule has 0 amide bonds. The molecule has 5 nitrogen and oxygen atoms in total. The van der Waals surface area contributed by atoms with Crippen molar-refractivity contribution in [2.45, 2.75) is 45.8 Å². The minimum Gasteiger partial charge on any atom is -0.386 e. The second-order valence-electron chi connectivity index (χ2n) is 12.9. The van der Waals surface area contributed by atoms with Gasteiger partial charge >= 0.3 is 0 Å². The first-order valence-electron chi connectivity index (χ1n) is 16.5. The number of fused-ring (bicyclic) bond motifs is 2. The molecule has 0 radical (unpaired) electrons. The van der Waals surface area contributed by atoms with E-state index in [4.69, 9.17) is 16.5 Å². The molecule has 4 unspecified atom stereocenters. The van der Waals surface area contributed by atoms with Crippen LogP contribution in [-0.4, -0.2) is 29.8 Å². The van der Waals surface area contributed by atoms with Gasteiger partial charge < -0.3 is 16.4 Å². The van der Waals surface area contributed by atoms with Gasteiger partial charge in [-0.3, -0.25) is 4.99 Å². The largest absolute Gasteiger partial charge is 0.386 e. The lowest BCUT2D eigenvalue weighted by Crippen LogP contribution is -2.46. The Hall–Kier alpha value is -5.00. The molecule has 6 rings (SSSR count). The van der Waals surface area contributed by atoms with E-state index in [2.05, 4.69) is 121 Å². The third-order valence-corrected chi connectivity index (χ3v) is 9.56. The zero-order valence-electron chi connectivity index (χ0n) is 27.8. The van der Waals surface area contributed by atoms with Gasteiger partial charge in [-0.1, -0.05) is 127 Å². The van der Waals surface area contributed by atoms with Gasteiger partial charge in [0.2, 0.25) is 0 Å². The average molecular weight is 620 g/mol. The highest BCUT2D eigenvalue weighted by Gasteiger charge is 2.36. The summed E-state index contributed by atoms with van der Waals surface area (Å²) in [6.07, 6.45) is 18.3. The normalized spacial score (nSPS) is 22.4. The highest BCUT2D eigenvalue weighted by atomic mass is 15.2. The van der Waals surface area contributed by atoms with E-state index >= 15 is 0 Å². The fraction of sp³-hybridized carbons (Fsp3) is 0.238. The molecular weight excluding hydrogens is 574 g/mol. The number of rotatable bonds is 8. The van der Waals surface area contributed by atoms with E-state index in [0.717, 1.165) is 35.4 Å². The number of hydrogen-bond donors (Lipinski definition) is 2. The number of allylic oxidation sites excluding steroid dienone is 6. The second-order valence-corrected chi connectivity index (χ2v) is 12.9. The average Bonchev–Trinajstić information content (AvgIpc) is 3.12. The third-order valence-electron chi connectivity index (χ3n) is 9.56. The van der Waals surface area contributed by atoms with E-state index in [-0.39, 0.29) is 6.04 Å². The fourth-order valence-corrected chi connectivity index (χ4v) is 6.93. The molecule has 3 aliphatic carbocycles. The molecule has 0 saturated heterocycles. The minimum absolute atomic E-state index is 0.0568. The lowest BCUT2D eigenvalue weighted by atomic mass is 9.71. The van der Waals surface area contributed by atoms with E-state index in [1.165, 1.54) is 27.2 Å². The maximum atomic E-state index is 7.26. The van der Waals surface area contributed by atoms with E-state index < -0.39 is 11.6 Å². The van der Waals surface area contributed by atoms with E-state index in [1.807, 2.05) is 44.3 Å². The Bertz CT molecular complexity index is 1960. The molecular formula is C42H45N5. The Balaban J connectivity index is 1.48. The van der Waals surface area contributed by atoms with Crippen molar-refractivity contribution < 1.29 is 0 Å². The van der Waals surface area contributed by atoms with Crippen molar-refractivity contribution in [3.63, 3.8) is 0 Å². The minimum atomic E-state index is -0.535.